The Morgan fingerprint density at radius 1 is 1.50 bits per heavy atom. The van der Waals surface area contributed by atoms with Crippen molar-refractivity contribution < 1.29 is 9.90 Å². The molecule has 2 N–H and O–H groups in total. The van der Waals surface area contributed by atoms with Gasteiger partial charge in [-0.2, -0.15) is 0 Å². The lowest BCUT2D eigenvalue weighted by Gasteiger charge is -2.31. The fraction of sp³-hybridized carbons (Fsp3) is 0.538. The molecule has 2 atom stereocenters. The minimum absolute atomic E-state index is 0.0683. The largest absolute Gasteiger partial charge is 0.505 e. The van der Waals surface area contributed by atoms with E-state index in [-0.39, 0.29) is 17.7 Å². The number of halogens is 1. The zero-order valence-electron chi connectivity index (χ0n) is 10.1. The van der Waals surface area contributed by atoms with E-state index in [0.29, 0.717) is 11.5 Å². The number of aromatic nitrogens is 1. The van der Waals surface area contributed by atoms with Gasteiger partial charge in [0.2, 0.25) is 0 Å². The van der Waals surface area contributed by atoms with Crippen LogP contribution in [0.4, 0.5) is 0 Å². The number of nitrogens with zero attached hydrogens (tertiary/aromatic N) is 1. The molecule has 0 saturated heterocycles. The van der Waals surface area contributed by atoms with Gasteiger partial charge < -0.3 is 10.4 Å². The third-order valence-corrected chi connectivity index (χ3v) is 4.30. The highest BCUT2D eigenvalue weighted by Gasteiger charge is 2.26. The second kappa shape index (κ2) is 6.18. The molecule has 1 aromatic heterocycles. The molecular formula is C13H17BrN2O2. The monoisotopic (exact) mass is 312 g/mol. The predicted molar refractivity (Wildman–Crippen MR) is 72.9 cm³/mol. The summed E-state index contributed by atoms with van der Waals surface area (Å²) in [6, 6.07) is 1.73. The van der Waals surface area contributed by atoms with Crippen LogP contribution in [0, 0.1) is 5.92 Å². The van der Waals surface area contributed by atoms with Crippen LogP contribution in [-0.4, -0.2) is 27.4 Å². The zero-order valence-corrected chi connectivity index (χ0v) is 11.7. The molecule has 1 heterocycles. The second-order valence-corrected chi connectivity index (χ2v) is 5.32. The summed E-state index contributed by atoms with van der Waals surface area (Å²) in [6.45, 7) is 0. The maximum Gasteiger partial charge on any atom is 0.255 e. The molecule has 0 aliphatic heterocycles. The van der Waals surface area contributed by atoms with Crippen molar-refractivity contribution in [2.45, 2.75) is 31.7 Å². The Hall–Kier alpha value is -1.10. The van der Waals surface area contributed by atoms with Gasteiger partial charge in [0, 0.05) is 17.6 Å². The van der Waals surface area contributed by atoms with E-state index in [0.717, 1.165) is 24.6 Å². The Kier molecular flexibility index (Phi) is 4.58. The van der Waals surface area contributed by atoms with Crippen molar-refractivity contribution in [1.29, 1.82) is 0 Å². The molecule has 1 saturated carbocycles. The molecule has 98 valence electrons. The lowest BCUT2D eigenvalue weighted by molar-refractivity contribution is 0.0909. The van der Waals surface area contributed by atoms with E-state index in [1.54, 1.807) is 0 Å². The van der Waals surface area contributed by atoms with Crippen LogP contribution in [0.3, 0.4) is 0 Å². The van der Waals surface area contributed by atoms with E-state index in [9.17, 15) is 9.90 Å². The smallest absolute Gasteiger partial charge is 0.255 e. The molecule has 0 radical (unpaired) electrons. The van der Waals surface area contributed by atoms with Gasteiger partial charge in [0.25, 0.3) is 5.91 Å². The van der Waals surface area contributed by atoms with E-state index in [2.05, 4.69) is 26.2 Å². The van der Waals surface area contributed by atoms with Crippen LogP contribution in [0.2, 0.25) is 0 Å². The number of carbonyl (C=O) groups excluding carboxylic acids is 1. The molecule has 18 heavy (non-hydrogen) atoms. The fourth-order valence-corrected chi connectivity index (χ4v) is 3.18. The van der Waals surface area contributed by atoms with Gasteiger partial charge in [-0.25, -0.2) is 0 Å². The number of rotatable bonds is 3. The van der Waals surface area contributed by atoms with Gasteiger partial charge in [-0.15, -0.1) is 0 Å². The molecule has 1 aliphatic carbocycles. The standard InChI is InChI=1S/C13H17BrN2O2/c14-7-9-3-1-2-4-11(9)16-13(18)10-5-6-15-8-12(10)17/h5-6,8-9,11,17H,1-4,7H2,(H,16,18). The predicted octanol–water partition coefficient (Wildman–Crippen LogP) is 2.47. The van der Waals surface area contributed by atoms with Crippen molar-refractivity contribution in [1.82, 2.24) is 10.3 Å². The Morgan fingerprint density at radius 2 is 2.28 bits per heavy atom. The quantitative estimate of drug-likeness (QED) is 0.843. The zero-order chi connectivity index (χ0) is 13.0. The highest BCUT2D eigenvalue weighted by atomic mass is 79.9. The molecule has 5 heteroatoms. The third-order valence-electron chi connectivity index (χ3n) is 3.47. The minimum Gasteiger partial charge on any atom is -0.505 e. The van der Waals surface area contributed by atoms with E-state index < -0.39 is 0 Å². The maximum atomic E-state index is 12.1. The molecule has 2 rings (SSSR count). The highest BCUT2D eigenvalue weighted by Crippen LogP contribution is 2.26. The average molecular weight is 313 g/mol. The number of hydrogen-bond donors (Lipinski definition) is 2. The molecule has 4 nitrogen and oxygen atoms in total. The molecule has 1 aromatic rings. The molecular weight excluding hydrogens is 296 g/mol. The Labute approximate surface area is 115 Å². The van der Waals surface area contributed by atoms with Gasteiger partial charge in [-0.05, 0) is 24.8 Å². The average Bonchev–Trinajstić information content (AvgIpc) is 2.39. The van der Waals surface area contributed by atoms with Gasteiger partial charge >= 0.3 is 0 Å². The van der Waals surface area contributed by atoms with Crippen molar-refractivity contribution >= 4 is 21.8 Å². The van der Waals surface area contributed by atoms with Crippen LogP contribution >= 0.6 is 15.9 Å². The highest BCUT2D eigenvalue weighted by molar-refractivity contribution is 9.09. The summed E-state index contributed by atoms with van der Waals surface area (Å²) < 4.78 is 0. The number of pyridine rings is 1. The van der Waals surface area contributed by atoms with Crippen molar-refractivity contribution in [3.05, 3.63) is 24.0 Å². The van der Waals surface area contributed by atoms with Crippen molar-refractivity contribution in [2.24, 2.45) is 5.92 Å². The third kappa shape index (κ3) is 3.02. The van der Waals surface area contributed by atoms with E-state index in [4.69, 9.17) is 0 Å². The Bertz CT molecular complexity index is 425. The number of aromatic hydroxyl groups is 1. The fourth-order valence-electron chi connectivity index (χ4n) is 2.41. The number of amides is 1. The molecule has 0 aromatic carbocycles. The lowest BCUT2D eigenvalue weighted by Crippen LogP contribution is -2.42. The van der Waals surface area contributed by atoms with Crippen LogP contribution in [0.15, 0.2) is 18.5 Å². The van der Waals surface area contributed by atoms with Crippen molar-refractivity contribution in [2.75, 3.05) is 5.33 Å². The number of carbonyl (C=O) groups is 1. The lowest BCUT2D eigenvalue weighted by atomic mass is 9.86. The summed E-state index contributed by atoms with van der Waals surface area (Å²) in [5.74, 6) is 0.195. The van der Waals surface area contributed by atoms with Gasteiger partial charge in [0.1, 0.15) is 5.75 Å². The number of nitrogens with one attached hydrogen (secondary N) is 1. The van der Waals surface area contributed by atoms with E-state index in [1.807, 2.05) is 0 Å². The SMILES string of the molecule is O=C(NC1CCCCC1CBr)c1ccncc1O. The van der Waals surface area contributed by atoms with Crippen LogP contribution in [0.5, 0.6) is 5.75 Å². The maximum absolute atomic E-state index is 12.1. The van der Waals surface area contributed by atoms with Crippen LogP contribution in [-0.2, 0) is 0 Å². The Morgan fingerprint density at radius 3 is 3.00 bits per heavy atom. The second-order valence-electron chi connectivity index (χ2n) is 4.67. The summed E-state index contributed by atoms with van der Waals surface area (Å²) in [5, 5.41) is 13.5. The van der Waals surface area contributed by atoms with Crippen molar-refractivity contribution in [3.63, 3.8) is 0 Å². The van der Waals surface area contributed by atoms with Crippen molar-refractivity contribution in [3.8, 4) is 5.75 Å². The summed E-state index contributed by atoms with van der Waals surface area (Å²) in [5.41, 5.74) is 0.295. The van der Waals surface area contributed by atoms with Crippen LogP contribution in [0.1, 0.15) is 36.0 Å². The normalized spacial score (nSPS) is 23.6. The molecule has 1 fully saturated rings. The molecule has 1 amide bonds. The minimum atomic E-state index is -0.215. The number of alkyl halides is 1. The summed E-state index contributed by atoms with van der Waals surface area (Å²) in [7, 11) is 0. The summed E-state index contributed by atoms with van der Waals surface area (Å²) >= 11 is 3.50. The molecule has 2 unspecified atom stereocenters. The Balaban J connectivity index is 2.04. The number of hydrogen-bond acceptors (Lipinski definition) is 3. The molecule has 1 aliphatic rings. The van der Waals surface area contributed by atoms with Crippen LogP contribution < -0.4 is 5.32 Å². The first-order valence-corrected chi connectivity index (χ1v) is 7.34. The van der Waals surface area contributed by atoms with Crippen LogP contribution in [0.25, 0.3) is 0 Å². The van der Waals surface area contributed by atoms with Gasteiger partial charge in [-0.1, -0.05) is 28.8 Å². The molecule has 0 bridgehead atoms. The first-order valence-electron chi connectivity index (χ1n) is 6.22. The van der Waals surface area contributed by atoms with E-state index in [1.165, 1.54) is 24.9 Å². The summed E-state index contributed by atoms with van der Waals surface area (Å²) in [4.78, 5) is 15.8. The van der Waals surface area contributed by atoms with Gasteiger partial charge in [0.15, 0.2) is 0 Å². The first-order chi connectivity index (χ1) is 8.72. The summed E-state index contributed by atoms with van der Waals surface area (Å²) in [6.07, 6.45) is 7.32. The topological polar surface area (TPSA) is 62.2 Å². The van der Waals surface area contributed by atoms with E-state index >= 15 is 0 Å². The van der Waals surface area contributed by atoms with Gasteiger partial charge in [0.05, 0.1) is 11.8 Å². The van der Waals surface area contributed by atoms with Gasteiger partial charge in [-0.3, -0.25) is 9.78 Å². The molecule has 0 spiro atoms. The first kappa shape index (κ1) is 13.3.